The zero-order valence-electron chi connectivity index (χ0n) is 38.2. The minimum absolute atomic E-state index is 0.0795. The fourth-order valence-corrected chi connectivity index (χ4v) is 7.49. The van der Waals surface area contributed by atoms with Crippen molar-refractivity contribution >= 4 is 19.8 Å². The third-order valence-electron chi connectivity index (χ3n) is 10.3. The zero-order valence-corrected chi connectivity index (χ0v) is 39.1. The molecule has 65 heavy (non-hydrogen) atoms. The number of aliphatic hydroxyl groups is 9. The number of hydrogen-bond acceptors (Lipinski definition) is 16. The highest BCUT2D eigenvalue weighted by molar-refractivity contribution is 7.47. The van der Waals surface area contributed by atoms with E-state index in [0.29, 0.717) is 19.3 Å². The maximum absolute atomic E-state index is 12.8. The van der Waals surface area contributed by atoms with E-state index < -0.39 is 100 Å². The zero-order chi connectivity index (χ0) is 48.5. The lowest BCUT2D eigenvalue weighted by Crippen LogP contribution is -2.64. The normalized spacial score (nSPS) is 24.1. The van der Waals surface area contributed by atoms with Crippen LogP contribution >= 0.6 is 7.82 Å². The van der Waals surface area contributed by atoms with E-state index >= 15 is 0 Å². The van der Waals surface area contributed by atoms with E-state index in [2.05, 4.69) is 6.92 Å². The van der Waals surface area contributed by atoms with Crippen molar-refractivity contribution in [2.24, 2.45) is 0 Å². The molecule has 18 heteroatoms. The van der Waals surface area contributed by atoms with E-state index in [-0.39, 0.29) is 19.3 Å². The first-order valence-corrected chi connectivity index (χ1v) is 24.6. The van der Waals surface area contributed by atoms with Crippen molar-refractivity contribution in [2.45, 2.75) is 197 Å². The molecule has 0 aromatic heterocycles. The smallest absolute Gasteiger partial charge is 0.462 e. The first-order chi connectivity index (χ1) is 31.0. The molecule has 0 amide bonds. The second-order valence-electron chi connectivity index (χ2n) is 16.4. The Morgan fingerprint density at radius 2 is 1.15 bits per heavy atom. The topological polar surface area (TPSA) is 290 Å². The molecule has 17 nitrogen and oxygen atoms in total. The van der Waals surface area contributed by atoms with Gasteiger partial charge < -0.3 is 60.3 Å². The highest BCUT2D eigenvalue weighted by atomic mass is 31.2. The van der Waals surface area contributed by atoms with Crippen LogP contribution in [0.5, 0.6) is 0 Å². The molecule has 0 aromatic carbocycles. The van der Waals surface area contributed by atoms with Crippen LogP contribution in [0.4, 0.5) is 0 Å². The molecule has 1 aliphatic rings. The molecular weight excluding hydrogens is 867 g/mol. The Morgan fingerprint density at radius 1 is 0.600 bits per heavy atom. The van der Waals surface area contributed by atoms with Crippen molar-refractivity contribution in [1.29, 1.82) is 0 Å². The van der Waals surface area contributed by atoms with Gasteiger partial charge in [0.2, 0.25) is 0 Å². The van der Waals surface area contributed by atoms with Gasteiger partial charge in [-0.25, -0.2) is 4.57 Å². The van der Waals surface area contributed by atoms with E-state index in [9.17, 15) is 65.0 Å². The van der Waals surface area contributed by atoms with Gasteiger partial charge in [-0.05, 0) is 32.6 Å². The van der Waals surface area contributed by atoms with Gasteiger partial charge in [-0.15, -0.1) is 0 Å². The number of hydrogen-bond donors (Lipinski definition) is 10. The molecule has 10 atom stereocenters. The van der Waals surface area contributed by atoms with Gasteiger partial charge in [-0.3, -0.25) is 18.6 Å². The number of esters is 2. The Labute approximate surface area is 385 Å². The molecule has 0 spiro atoms. The summed E-state index contributed by atoms with van der Waals surface area (Å²) in [5.74, 6) is -1.51. The summed E-state index contributed by atoms with van der Waals surface area (Å²) in [6, 6.07) is 0. The molecule has 0 heterocycles. The third kappa shape index (κ3) is 30.2. The fourth-order valence-electron chi connectivity index (χ4n) is 6.52. The summed E-state index contributed by atoms with van der Waals surface area (Å²) in [7, 11) is -5.24. The second kappa shape index (κ2) is 36.2. The summed E-state index contributed by atoms with van der Waals surface area (Å²) in [5.41, 5.74) is 0. The molecule has 1 rings (SSSR count). The minimum atomic E-state index is -5.24. The van der Waals surface area contributed by atoms with Gasteiger partial charge in [-0.2, -0.15) is 0 Å². The van der Waals surface area contributed by atoms with Crippen molar-refractivity contribution in [3.05, 3.63) is 72.9 Å². The summed E-state index contributed by atoms with van der Waals surface area (Å²) in [4.78, 5) is 35.7. The lowest BCUT2D eigenvalue weighted by molar-refractivity contribution is -0.220. The lowest BCUT2D eigenvalue weighted by Gasteiger charge is -2.41. The summed E-state index contributed by atoms with van der Waals surface area (Å²) < 4.78 is 33.2. The summed E-state index contributed by atoms with van der Waals surface area (Å²) in [5, 5.41) is 89.9. The van der Waals surface area contributed by atoms with Crippen molar-refractivity contribution in [1.82, 2.24) is 0 Å². The maximum atomic E-state index is 12.8. The van der Waals surface area contributed by atoms with Gasteiger partial charge in [0.25, 0.3) is 0 Å². The molecule has 0 aliphatic heterocycles. The number of ether oxygens (including phenoxy) is 2. The molecule has 1 saturated carbocycles. The minimum Gasteiger partial charge on any atom is -0.462 e. The fraction of sp³-hybridized carbons (Fsp3) is 0.702. The standard InChI is InChI=1S/C47H79O17P/c1-3-4-5-6-7-8-9-10-11-12-13-14-23-28-40(52)61-33-39(34-62-65(59,60)64-47-45(57)43(55)42(54)44(56)46(47)58)63-41(53)32-31-38(51)30-29-37(50)27-22-18-17-21-26-36(49)25-20-16-15-19-24-35(2)48/h16-22,24,26-27,29-30,35-39,42-51,54-58H,3-15,23,25,28,31-34H2,1-2H3,(H,59,60)/b18-17+,20-16+,24-19-,26-21-,27-22+,30-29+. The Hall–Kier alpha value is -2.87. The van der Waals surface area contributed by atoms with Crippen LogP contribution in [-0.4, -0.2) is 143 Å². The van der Waals surface area contributed by atoms with Crippen molar-refractivity contribution in [3.8, 4) is 0 Å². The van der Waals surface area contributed by atoms with E-state index in [1.165, 1.54) is 69.6 Å². The average molecular weight is 947 g/mol. The van der Waals surface area contributed by atoms with Gasteiger partial charge in [-0.1, -0.05) is 157 Å². The monoisotopic (exact) mass is 947 g/mol. The van der Waals surface area contributed by atoms with Crippen LogP contribution < -0.4 is 0 Å². The van der Waals surface area contributed by atoms with Crippen molar-refractivity contribution < 1.29 is 83.5 Å². The van der Waals surface area contributed by atoms with Crippen LogP contribution in [0.3, 0.4) is 0 Å². The van der Waals surface area contributed by atoms with Gasteiger partial charge in [0.05, 0.1) is 31.0 Å². The number of rotatable bonds is 36. The molecule has 374 valence electrons. The lowest BCUT2D eigenvalue weighted by atomic mass is 9.85. The predicted molar refractivity (Wildman–Crippen MR) is 245 cm³/mol. The third-order valence-corrected chi connectivity index (χ3v) is 11.3. The van der Waals surface area contributed by atoms with E-state index in [1.54, 1.807) is 43.4 Å². The number of carbonyl (C=O) groups excluding carboxylic acids is 2. The Bertz CT molecular complexity index is 1480. The van der Waals surface area contributed by atoms with Crippen molar-refractivity contribution in [2.75, 3.05) is 13.2 Å². The van der Waals surface area contributed by atoms with E-state index in [0.717, 1.165) is 25.7 Å². The molecule has 10 N–H and O–H groups in total. The summed E-state index contributed by atoms with van der Waals surface area (Å²) in [6.07, 6.45) is 17.3. The van der Waals surface area contributed by atoms with Gasteiger partial charge in [0.15, 0.2) is 6.10 Å². The summed E-state index contributed by atoms with van der Waals surface area (Å²) in [6.45, 7) is 2.40. The van der Waals surface area contributed by atoms with Crippen molar-refractivity contribution in [3.63, 3.8) is 0 Å². The molecule has 0 bridgehead atoms. The summed E-state index contributed by atoms with van der Waals surface area (Å²) >= 11 is 0. The quantitative estimate of drug-likeness (QED) is 0.0135. The number of carbonyl (C=O) groups is 2. The average Bonchev–Trinajstić information content (AvgIpc) is 3.27. The first kappa shape index (κ1) is 60.1. The van der Waals surface area contributed by atoms with Crippen LogP contribution in [0.15, 0.2) is 72.9 Å². The van der Waals surface area contributed by atoms with Gasteiger partial charge in [0.1, 0.15) is 43.2 Å². The second-order valence-corrected chi connectivity index (χ2v) is 17.8. The number of unbranched alkanes of at least 4 members (excludes halogenated alkanes) is 12. The number of aliphatic hydroxyl groups excluding tert-OH is 9. The molecule has 0 radical (unpaired) electrons. The number of allylic oxidation sites excluding steroid dienone is 6. The van der Waals surface area contributed by atoms with Crippen LogP contribution in [0.25, 0.3) is 0 Å². The van der Waals surface area contributed by atoms with Crippen LogP contribution in [0, 0.1) is 0 Å². The Balaban J connectivity index is 2.65. The molecule has 0 aromatic rings. The predicted octanol–water partition coefficient (Wildman–Crippen LogP) is 4.60. The number of phosphoric ester groups is 1. The Kier molecular flexibility index (Phi) is 33.5. The molecule has 1 aliphatic carbocycles. The van der Waals surface area contributed by atoms with Gasteiger partial charge >= 0.3 is 19.8 Å². The molecule has 10 unspecified atom stereocenters. The van der Waals surface area contributed by atoms with Crippen LogP contribution in [-0.2, 0) is 32.7 Å². The molecule has 1 fully saturated rings. The first-order valence-electron chi connectivity index (χ1n) is 23.1. The SMILES string of the molecule is CCCCCCCCCCCCCCCC(=O)OCC(COP(=O)(O)OC1C(O)C(O)C(O)C(O)C1O)OC(=O)CCC(O)/C=C/C(O)/C=C/C=C/C=C\C(O)C/C=C/C/C=C\C(C)O. The maximum Gasteiger partial charge on any atom is 0.472 e. The molecular formula is C47H79O17P. The van der Waals surface area contributed by atoms with Crippen LogP contribution in [0.2, 0.25) is 0 Å². The van der Waals surface area contributed by atoms with Crippen LogP contribution in [0.1, 0.15) is 129 Å². The largest absolute Gasteiger partial charge is 0.472 e. The molecule has 0 saturated heterocycles. The van der Waals surface area contributed by atoms with E-state index in [1.807, 2.05) is 18.2 Å². The Morgan fingerprint density at radius 3 is 1.74 bits per heavy atom. The van der Waals surface area contributed by atoms with E-state index in [4.69, 9.17) is 18.5 Å². The number of phosphoric acid groups is 1. The van der Waals surface area contributed by atoms with Gasteiger partial charge in [0, 0.05) is 12.8 Å². The highest BCUT2D eigenvalue weighted by Crippen LogP contribution is 2.47. The highest BCUT2D eigenvalue weighted by Gasteiger charge is 2.51.